The van der Waals surface area contributed by atoms with Crippen molar-refractivity contribution in [2.45, 2.75) is 38.6 Å². The maximum Gasteiger partial charge on any atom is 0.224 e. The van der Waals surface area contributed by atoms with E-state index < -0.39 is 0 Å². The molecule has 0 atom stereocenters. The van der Waals surface area contributed by atoms with Gasteiger partial charge in [0.2, 0.25) is 5.91 Å². The predicted octanol–water partition coefficient (Wildman–Crippen LogP) is 4.56. The monoisotopic (exact) mass is 430 g/mol. The third-order valence-corrected chi connectivity index (χ3v) is 5.53. The number of aryl methyl sites for hydroxylation is 1. The van der Waals surface area contributed by atoms with Crippen molar-refractivity contribution >= 4 is 11.6 Å². The number of hydrogen-bond acceptors (Lipinski definition) is 5. The third kappa shape index (κ3) is 4.92. The number of hydrogen-bond donors (Lipinski definition) is 1. The van der Waals surface area contributed by atoms with Gasteiger partial charge in [-0.3, -0.25) is 4.79 Å². The zero-order valence-electron chi connectivity index (χ0n) is 18.1. The van der Waals surface area contributed by atoms with Crippen LogP contribution < -0.4 is 14.8 Å². The molecule has 164 valence electrons. The Morgan fingerprint density at radius 1 is 1.19 bits per heavy atom. The molecule has 3 aromatic rings. The zero-order chi connectivity index (χ0) is 22.3. The summed E-state index contributed by atoms with van der Waals surface area (Å²) in [7, 11) is 1.53. The van der Waals surface area contributed by atoms with Crippen molar-refractivity contribution in [2.24, 2.45) is 0 Å². The summed E-state index contributed by atoms with van der Waals surface area (Å²) >= 11 is 0. The molecule has 0 fully saturated rings. The number of benzene rings is 2. The average molecular weight is 431 g/mol. The molecule has 1 aliphatic heterocycles. The fourth-order valence-corrected chi connectivity index (χ4v) is 3.86. The van der Waals surface area contributed by atoms with Crippen molar-refractivity contribution < 1.29 is 14.3 Å². The molecule has 1 N–H and O–H groups in total. The van der Waals surface area contributed by atoms with E-state index in [4.69, 9.17) is 14.7 Å². The number of fused-ring (bicyclic) bond motifs is 1. The van der Waals surface area contributed by atoms with E-state index in [1.165, 1.54) is 25.6 Å². The molecule has 0 saturated heterocycles. The van der Waals surface area contributed by atoms with Crippen LogP contribution in [0.15, 0.2) is 48.7 Å². The highest BCUT2D eigenvalue weighted by atomic mass is 16.5. The quantitative estimate of drug-likeness (QED) is 0.529. The molecule has 0 aliphatic carbocycles. The third-order valence-electron chi connectivity index (χ3n) is 5.53. The summed E-state index contributed by atoms with van der Waals surface area (Å²) in [5.41, 5.74) is 3.62. The molecule has 0 spiro atoms. The van der Waals surface area contributed by atoms with Crippen LogP contribution in [0.3, 0.4) is 0 Å². The summed E-state index contributed by atoms with van der Waals surface area (Å²) in [5.74, 6) is 2.00. The molecule has 1 aliphatic rings. The number of imidazole rings is 1. The molecular weight excluding hydrogens is 404 g/mol. The van der Waals surface area contributed by atoms with E-state index in [-0.39, 0.29) is 5.91 Å². The first-order chi connectivity index (χ1) is 15.7. The molecular formula is C25H26N4O3. The Kier molecular flexibility index (Phi) is 6.71. The smallest absolute Gasteiger partial charge is 0.224 e. The topological polar surface area (TPSA) is 89.2 Å². The molecule has 7 heteroatoms. The SMILES string of the molecule is COc1cc(C#N)ccc1OCCCC(=O)Nc1ccc(-c2ncc3n2CCCC3)cc1. The number of carbonyl (C=O) groups is 1. The van der Waals surface area contributed by atoms with Crippen LogP contribution in [0.25, 0.3) is 11.4 Å². The number of methoxy groups -OCH3 is 1. The van der Waals surface area contributed by atoms with E-state index in [9.17, 15) is 4.79 Å². The molecule has 2 heterocycles. The minimum Gasteiger partial charge on any atom is -0.493 e. The van der Waals surface area contributed by atoms with Gasteiger partial charge in [0, 0.05) is 42.2 Å². The van der Waals surface area contributed by atoms with Crippen molar-refractivity contribution in [1.82, 2.24) is 9.55 Å². The Balaban J connectivity index is 1.26. The first-order valence-electron chi connectivity index (χ1n) is 10.8. The van der Waals surface area contributed by atoms with Crippen LogP contribution in [0.2, 0.25) is 0 Å². The van der Waals surface area contributed by atoms with E-state index in [1.807, 2.05) is 30.5 Å². The fourth-order valence-electron chi connectivity index (χ4n) is 3.86. The Bertz CT molecular complexity index is 1130. The van der Waals surface area contributed by atoms with Crippen molar-refractivity contribution in [3.8, 4) is 29.0 Å². The lowest BCUT2D eigenvalue weighted by Crippen LogP contribution is -2.13. The highest BCUT2D eigenvalue weighted by Crippen LogP contribution is 2.28. The summed E-state index contributed by atoms with van der Waals surface area (Å²) < 4.78 is 13.2. The molecule has 0 bridgehead atoms. The molecule has 0 saturated carbocycles. The van der Waals surface area contributed by atoms with E-state index in [0.717, 1.165) is 30.0 Å². The van der Waals surface area contributed by atoms with E-state index >= 15 is 0 Å². The second kappa shape index (κ2) is 10.0. The minimum atomic E-state index is -0.0636. The predicted molar refractivity (Wildman–Crippen MR) is 122 cm³/mol. The summed E-state index contributed by atoms with van der Waals surface area (Å²) in [4.78, 5) is 16.9. The van der Waals surface area contributed by atoms with Crippen molar-refractivity contribution in [1.29, 1.82) is 5.26 Å². The highest BCUT2D eigenvalue weighted by Gasteiger charge is 2.15. The zero-order valence-corrected chi connectivity index (χ0v) is 18.1. The van der Waals surface area contributed by atoms with Crippen molar-refractivity contribution in [3.63, 3.8) is 0 Å². The van der Waals surface area contributed by atoms with Crippen molar-refractivity contribution in [2.75, 3.05) is 19.0 Å². The van der Waals surface area contributed by atoms with Crippen LogP contribution in [0.4, 0.5) is 5.69 Å². The van der Waals surface area contributed by atoms with Gasteiger partial charge < -0.3 is 19.4 Å². The minimum absolute atomic E-state index is 0.0636. The van der Waals surface area contributed by atoms with Gasteiger partial charge in [0.15, 0.2) is 11.5 Å². The summed E-state index contributed by atoms with van der Waals surface area (Å²) in [6.07, 6.45) is 6.37. The molecule has 32 heavy (non-hydrogen) atoms. The van der Waals surface area contributed by atoms with Crippen LogP contribution in [-0.4, -0.2) is 29.2 Å². The Labute approximate surface area is 187 Å². The van der Waals surface area contributed by atoms with Crippen LogP contribution in [0.5, 0.6) is 11.5 Å². The summed E-state index contributed by atoms with van der Waals surface area (Å²) in [6.45, 7) is 1.39. The number of amides is 1. The fraction of sp³-hybridized carbons (Fsp3) is 0.320. The van der Waals surface area contributed by atoms with Gasteiger partial charge in [0.1, 0.15) is 5.82 Å². The van der Waals surface area contributed by atoms with Crippen LogP contribution in [-0.2, 0) is 17.8 Å². The maximum atomic E-state index is 12.3. The number of carbonyl (C=O) groups excluding carboxylic acids is 1. The lowest BCUT2D eigenvalue weighted by atomic mass is 10.1. The Morgan fingerprint density at radius 2 is 2.03 bits per heavy atom. The van der Waals surface area contributed by atoms with E-state index in [0.29, 0.717) is 36.5 Å². The van der Waals surface area contributed by atoms with Crippen molar-refractivity contribution in [3.05, 3.63) is 59.9 Å². The molecule has 2 aromatic carbocycles. The molecule has 0 unspecified atom stereocenters. The number of nitriles is 1. The molecule has 4 rings (SSSR count). The standard InChI is InChI=1S/C25H26N4O3/c1-31-23-15-18(16-26)7-12-22(23)32-14-4-6-24(30)28-20-10-8-19(9-11-20)25-27-17-21-5-2-3-13-29(21)25/h7-12,15,17H,2-6,13-14H2,1H3,(H,28,30). The molecule has 1 amide bonds. The lowest BCUT2D eigenvalue weighted by Gasteiger charge is -2.16. The van der Waals surface area contributed by atoms with Gasteiger partial charge in [-0.15, -0.1) is 0 Å². The molecule has 1 aromatic heterocycles. The largest absolute Gasteiger partial charge is 0.493 e. The first kappa shape index (κ1) is 21.4. The van der Waals surface area contributed by atoms with Gasteiger partial charge in [-0.2, -0.15) is 5.26 Å². The van der Waals surface area contributed by atoms with Crippen LogP contribution >= 0.6 is 0 Å². The van der Waals surface area contributed by atoms with E-state index in [2.05, 4.69) is 20.9 Å². The number of nitrogens with one attached hydrogen (secondary N) is 1. The number of rotatable bonds is 8. The van der Waals surface area contributed by atoms with Gasteiger partial charge in [-0.25, -0.2) is 4.98 Å². The molecule has 7 nitrogen and oxygen atoms in total. The second-order valence-corrected chi connectivity index (χ2v) is 7.74. The second-order valence-electron chi connectivity index (χ2n) is 7.74. The number of ether oxygens (including phenoxy) is 2. The Morgan fingerprint density at radius 3 is 2.81 bits per heavy atom. The number of aromatic nitrogens is 2. The van der Waals surface area contributed by atoms with Gasteiger partial charge in [0.05, 0.1) is 25.3 Å². The number of anilines is 1. The summed E-state index contributed by atoms with van der Waals surface area (Å²) in [6, 6.07) is 14.9. The molecule has 0 radical (unpaired) electrons. The van der Waals surface area contributed by atoms with Gasteiger partial charge in [-0.1, -0.05) is 0 Å². The van der Waals surface area contributed by atoms with Gasteiger partial charge in [0.25, 0.3) is 0 Å². The van der Waals surface area contributed by atoms with Gasteiger partial charge >= 0.3 is 0 Å². The normalized spacial score (nSPS) is 12.5. The van der Waals surface area contributed by atoms with Crippen LogP contribution in [0.1, 0.15) is 36.9 Å². The Hall–Kier alpha value is -3.79. The number of nitrogens with zero attached hydrogens (tertiary/aromatic N) is 3. The first-order valence-corrected chi connectivity index (χ1v) is 10.8. The van der Waals surface area contributed by atoms with Crippen LogP contribution in [0, 0.1) is 11.3 Å². The lowest BCUT2D eigenvalue weighted by molar-refractivity contribution is -0.116. The maximum absolute atomic E-state index is 12.3. The van der Waals surface area contributed by atoms with E-state index in [1.54, 1.807) is 18.2 Å². The average Bonchev–Trinajstić information content (AvgIpc) is 3.26. The summed E-state index contributed by atoms with van der Waals surface area (Å²) in [5, 5.41) is 11.9. The highest BCUT2D eigenvalue weighted by molar-refractivity contribution is 5.90. The van der Waals surface area contributed by atoms with Gasteiger partial charge in [-0.05, 0) is 62.1 Å².